The fraction of sp³-hybridized carbons (Fsp3) is 0.267. The second-order valence-electron chi connectivity index (χ2n) is 4.70. The van der Waals surface area contributed by atoms with Crippen LogP contribution in [0.1, 0.15) is 28.7 Å². The van der Waals surface area contributed by atoms with Crippen LogP contribution < -0.4 is 5.32 Å². The molecule has 2 aromatic heterocycles. The van der Waals surface area contributed by atoms with Gasteiger partial charge in [-0.2, -0.15) is 0 Å². The second kappa shape index (κ2) is 6.48. The topological polar surface area (TPSA) is 54.9 Å². The number of halogens is 1. The van der Waals surface area contributed by atoms with Gasteiger partial charge in [-0.25, -0.2) is 0 Å². The zero-order valence-corrected chi connectivity index (χ0v) is 12.2. The molecule has 0 radical (unpaired) electrons. The predicted octanol–water partition coefficient (Wildman–Crippen LogP) is 2.80. The molecule has 20 heavy (non-hydrogen) atoms. The third-order valence-electron chi connectivity index (χ3n) is 2.86. The molecule has 1 N–H and O–H groups in total. The molecule has 2 heterocycles. The van der Waals surface area contributed by atoms with Crippen molar-refractivity contribution in [2.75, 3.05) is 0 Å². The van der Waals surface area contributed by atoms with E-state index in [2.05, 4.69) is 15.3 Å². The third kappa shape index (κ3) is 3.78. The quantitative estimate of drug-likeness (QED) is 0.941. The number of nitrogens with one attached hydrogen (secondary N) is 1. The molecule has 5 heteroatoms. The first-order chi connectivity index (χ1) is 9.56. The second-order valence-corrected chi connectivity index (χ2v) is 5.11. The highest BCUT2D eigenvalue weighted by Crippen LogP contribution is 2.13. The predicted molar refractivity (Wildman–Crippen MR) is 78.9 cm³/mol. The molecule has 4 nitrogen and oxygen atoms in total. The summed E-state index contributed by atoms with van der Waals surface area (Å²) in [6, 6.07) is 7.45. The number of carbonyl (C=O) groups excluding carboxylic acids is 1. The Bertz CT molecular complexity index is 616. The minimum absolute atomic E-state index is 0.0268. The molecule has 1 amide bonds. The summed E-state index contributed by atoms with van der Waals surface area (Å²) in [6.07, 6.45) is 3.69. The molecule has 104 valence electrons. The van der Waals surface area contributed by atoms with Crippen molar-refractivity contribution in [1.29, 1.82) is 0 Å². The first-order valence-electron chi connectivity index (χ1n) is 6.39. The van der Waals surface area contributed by atoms with Crippen LogP contribution in [0.2, 0.25) is 5.02 Å². The summed E-state index contributed by atoms with van der Waals surface area (Å²) in [5.41, 5.74) is 2.36. The summed E-state index contributed by atoms with van der Waals surface area (Å²) < 4.78 is 0. The molecule has 0 saturated carbocycles. The molecule has 0 aliphatic heterocycles. The van der Waals surface area contributed by atoms with Crippen molar-refractivity contribution < 1.29 is 4.79 Å². The lowest BCUT2D eigenvalue weighted by Crippen LogP contribution is -2.34. The van der Waals surface area contributed by atoms with Crippen LogP contribution in [0, 0.1) is 6.92 Å². The van der Waals surface area contributed by atoms with Crippen LogP contribution in [0.3, 0.4) is 0 Å². The van der Waals surface area contributed by atoms with E-state index in [0.29, 0.717) is 17.0 Å². The number of aromatic nitrogens is 2. The van der Waals surface area contributed by atoms with Gasteiger partial charge in [0, 0.05) is 36.2 Å². The van der Waals surface area contributed by atoms with E-state index >= 15 is 0 Å². The zero-order valence-electron chi connectivity index (χ0n) is 11.4. The molecule has 0 aliphatic carbocycles. The van der Waals surface area contributed by atoms with Gasteiger partial charge in [0.2, 0.25) is 0 Å². The van der Waals surface area contributed by atoms with Crippen LogP contribution in [0.5, 0.6) is 0 Å². The molecular formula is C15H16ClN3O. The highest BCUT2D eigenvalue weighted by Gasteiger charge is 2.13. The van der Waals surface area contributed by atoms with Gasteiger partial charge in [-0.1, -0.05) is 17.7 Å². The molecule has 0 saturated heterocycles. The zero-order chi connectivity index (χ0) is 14.5. The Kier molecular flexibility index (Phi) is 4.69. The van der Waals surface area contributed by atoms with Crippen molar-refractivity contribution >= 4 is 17.5 Å². The number of amides is 1. The van der Waals surface area contributed by atoms with Gasteiger partial charge in [-0.15, -0.1) is 0 Å². The molecule has 0 bridgehead atoms. The van der Waals surface area contributed by atoms with Crippen molar-refractivity contribution in [3.05, 3.63) is 58.6 Å². The van der Waals surface area contributed by atoms with E-state index in [1.165, 1.54) is 6.20 Å². The molecule has 0 spiro atoms. The van der Waals surface area contributed by atoms with Gasteiger partial charge in [0.15, 0.2) is 0 Å². The number of nitrogens with zero attached hydrogens (tertiary/aromatic N) is 2. The molecule has 1 atom stereocenters. The fourth-order valence-corrected chi connectivity index (χ4v) is 2.14. The first-order valence-corrected chi connectivity index (χ1v) is 6.77. The van der Waals surface area contributed by atoms with E-state index in [1.54, 1.807) is 12.3 Å². The van der Waals surface area contributed by atoms with Crippen LogP contribution in [-0.2, 0) is 6.42 Å². The molecule has 1 unspecified atom stereocenters. The summed E-state index contributed by atoms with van der Waals surface area (Å²) in [7, 11) is 0. The number of carbonyl (C=O) groups is 1. The maximum Gasteiger partial charge on any atom is 0.253 e. The van der Waals surface area contributed by atoms with Gasteiger partial charge >= 0.3 is 0 Å². The van der Waals surface area contributed by atoms with Crippen LogP contribution in [0.25, 0.3) is 0 Å². The number of hydrogen-bond donors (Lipinski definition) is 1. The van der Waals surface area contributed by atoms with E-state index in [1.807, 2.05) is 32.0 Å². The van der Waals surface area contributed by atoms with Gasteiger partial charge in [0.05, 0.1) is 10.6 Å². The lowest BCUT2D eigenvalue weighted by molar-refractivity contribution is 0.0940. The van der Waals surface area contributed by atoms with Crippen LogP contribution in [0.15, 0.2) is 36.7 Å². The monoisotopic (exact) mass is 289 g/mol. The Morgan fingerprint density at radius 2 is 2.20 bits per heavy atom. The molecule has 0 aromatic carbocycles. The average molecular weight is 290 g/mol. The standard InChI is InChI=1S/C15H16ClN3O/c1-10-4-3-5-12(18-10)8-11(2)19-15(20)13-6-7-17-9-14(13)16/h3-7,9,11H,8H2,1-2H3,(H,19,20). The maximum atomic E-state index is 12.1. The van der Waals surface area contributed by atoms with Crippen LogP contribution >= 0.6 is 11.6 Å². The van der Waals surface area contributed by atoms with Gasteiger partial charge in [-0.3, -0.25) is 14.8 Å². The average Bonchev–Trinajstić information content (AvgIpc) is 2.38. The molecule has 2 rings (SSSR count). The summed E-state index contributed by atoms with van der Waals surface area (Å²) in [5.74, 6) is -0.197. The highest BCUT2D eigenvalue weighted by molar-refractivity contribution is 6.33. The SMILES string of the molecule is Cc1cccc(CC(C)NC(=O)c2ccncc2Cl)n1. The largest absolute Gasteiger partial charge is 0.349 e. The maximum absolute atomic E-state index is 12.1. The smallest absolute Gasteiger partial charge is 0.253 e. The van der Waals surface area contributed by atoms with E-state index < -0.39 is 0 Å². The molecule has 2 aromatic rings. The van der Waals surface area contributed by atoms with Crippen molar-refractivity contribution in [3.8, 4) is 0 Å². The lowest BCUT2D eigenvalue weighted by atomic mass is 10.1. The van der Waals surface area contributed by atoms with E-state index in [9.17, 15) is 4.79 Å². The van der Waals surface area contributed by atoms with Gasteiger partial charge in [-0.05, 0) is 32.0 Å². The minimum atomic E-state index is -0.197. The Morgan fingerprint density at radius 3 is 2.90 bits per heavy atom. The Hall–Kier alpha value is -1.94. The first kappa shape index (κ1) is 14.5. The van der Waals surface area contributed by atoms with E-state index in [0.717, 1.165) is 11.4 Å². The third-order valence-corrected chi connectivity index (χ3v) is 3.16. The molecule has 0 fully saturated rings. The molecular weight excluding hydrogens is 274 g/mol. The van der Waals surface area contributed by atoms with E-state index in [-0.39, 0.29) is 11.9 Å². The van der Waals surface area contributed by atoms with Crippen molar-refractivity contribution in [2.45, 2.75) is 26.3 Å². The summed E-state index contributed by atoms with van der Waals surface area (Å²) >= 11 is 5.95. The van der Waals surface area contributed by atoms with Crippen molar-refractivity contribution in [2.24, 2.45) is 0 Å². The van der Waals surface area contributed by atoms with Crippen LogP contribution in [0.4, 0.5) is 0 Å². The number of hydrogen-bond acceptors (Lipinski definition) is 3. The van der Waals surface area contributed by atoms with E-state index in [4.69, 9.17) is 11.6 Å². The van der Waals surface area contributed by atoms with Crippen molar-refractivity contribution in [1.82, 2.24) is 15.3 Å². The minimum Gasteiger partial charge on any atom is -0.349 e. The summed E-state index contributed by atoms with van der Waals surface area (Å²) in [4.78, 5) is 20.4. The normalized spacial score (nSPS) is 11.9. The van der Waals surface area contributed by atoms with Gasteiger partial charge < -0.3 is 5.32 Å². The lowest BCUT2D eigenvalue weighted by Gasteiger charge is -2.14. The molecule has 0 aliphatic rings. The van der Waals surface area contributed by atoms with Gasteiger partial charge in [0.1, 0.15) is 0 Å². The Balaban J connectivity index is 2.00. The number of rotatable bonds is 4. The Labute approximate surface area is 123 Å². The number of aryl methyl sites for hydroxylation is 1. The number of pyridine rings is 2. The Morgan fingerprint density at radius 1 is 1.40 bits per heavy atom. The highest BCUT2D eigenvalue weighted by atomic mass is 35.5. The fourth-order valence-electron chi connectivity index (χ4n) is 1.94. The summed E-state index contributed by atoms with van der Waals surface area (Å²) in [5, 5.41) is 3.27. The van der Waals surface area contributed by atoms with Gasteiger partial charge in [0.25, 0.3) is 5.91 Å². The van der Waals surface area contributed by atoms with Crippen molar-refractivity contribution in [3.63, 3.8) is 0 Å². The van der Waals surface area contributed by atoms with Crippen LogP contribution in [-0.4, -0.2) is 21.9 Å². The summed E-state index contributed by atoms with van der Waals surface area (Å²) in [6.45, 7) is 3.89.